The molecule has 0 radical (unpaired) electrons. The molecule has 0 saturated heterocycles. The van der Waals surface area contributed by atoms with Crippen molar-refractivity contribution in [3.63, 3.8) is 0 Å². The molecule has 0 aliphatic heterocycles. The average Bonchev–Trinajstić information content (AvgIpc) is 2.30. The smallest absolute Gasteiger partial charge is 0.347 e. The summed E-state index contributed by atoms with van der Waals surface area (Å²) in [5.41, 5.74) is 0. The van der Waals surface area contributed by atoms with E-state index >= 15 is 0 Å². The second kappa shape index (κ2) is 2.78. The Morgan fingerprint density at radius 1 is 1.75 bits per heavy atom. The molecule has 0 atom stereocenters. The van der Waals surface area contributed by atoms with Crippen molar-refractivity contribution in [2.45, 2.75) is 12.8 Å². The Balaban J connectivity index is 3.00. The van der Waals surface area contributed by atoms with Gasteiger partial charge in [0.25, 0.3) is 5.92 Å². The molecule has 0 aliphatic carbocycles. The second-order valence-corrected chi connectivity index (χ2v) is 3.25. The molecule has 3 nitrogen and oxygen atoms in total. The minimum atomic E-state index is -3.06. The molecule has 1 rings (SSSR count). The first kappa shape index (κ1) is 9.05. The topological polar surface area (TPSA) is 50.2 Å². The van der Waals surface area contributed by atoms with Crippen molar-refractivity contribution < 1.29 is 18.7 Å². The molecule has 12 heavy (non-hydrogen) atoms. The normalized spacial score (nSPS) is 11.6. The summed E-state index contributed by atoms with van der Waals surface area (Å²) in [6.07, 6.45) is 0.930. The SMILES string of the molecule is CC(F)(F)c1ncc(C(=O)O)s1. The van der Waals surface area contributed by atoms with Gasteiger partial charge in [-0.15, -0.1) is 11.3 Å². The molecule has 0 bridgehead atoms. The van der Waals surface area contributed by atoms with E-state index in [2.05, 4.69) is 4.98 Å². The first-order valence-electron chi connectivity index (χ1n) is 2.98. The van der Waals surface area contributed by atoms with Crippen molar-refractivity contribution in [1.29, 1.82) is 0 Å². The molecule has 0 fully saturated rings. The van der Waals surface area contributed by atoms with E-state index in [1.165, 1.54) is 0 Å². The molecule has 1 aromatic heterocycles. The lowest BCUT2D eigenvalue weighted by Crippen LogP contribution is -2.05. The van der Waals surface area contributed by atoms with Crippen molar-refractivity contribution in [1.82, 2.24) is 4.98 Å². The van der Waals surface area contributed by atoms with Gasteiger partial charge in [-0.2, -0.15) is 8.78 Å². The summed E-state index contributed by atoms with van der Waals surface area (Å²) < 4.78 is 25.0. The molecular formula is C6H5F2NO2S. The lowest BCUT2D eigenvalue weighted by atomic mass is 10.4. The second-order valence-electron chi connectivity index (χ2n) is 2.22. The number of alkyl halides is 2. The maximum Gasteiger partial charge on any atom is 0.347 e. The molecular weight excluding hydrogens is 188 g/mol. The molecule has 0 saturated carbocycles. The number of thiazole rings is 1. The molecule has 1 aromatic rings. The largest absolute Gasteiger partial charge is 0.477 e. The Labute approximate surface area is 70.7 Å². The molecule has 0 amide bonds. The first-order valence-corrected chi connectivity index (χ1v) is 3.80. The molecule has 0 spiro atoms. The van der Waals surface area contributed by atoms with Crippen molar-refractivity contribution in [3.8, 4) is 0 Å². The van der Waals surface area contributed by atoms with E-state index < -0.39 is 16.9 Å². The summed E-state index contributed by atoms with van der Waals surface area (Å²) >= 11 is 0.487. The van der Waals surface area contributed by atoms with E-state index in [0.717, 1.165) is 6.20 Å². The third-order valence-corrected chi connectivity index (χ3v) is 2.25. The van der Waals surface area contributed by atoms with Gasteiger partial charge < -0.3 is 5.11 Å². The predicted octanol–water partition coefficient (Wildman–Crippen LogP) is 1.95. The quantitative estimate of drug-likeness (QED) is 0.780. The molecule has 0 aromatic carbocycles. The van der Waals surface area contributed by atoms with Gasteiger partial charge in [0.2, 0.25) is 0 Å². The minimum Gasteiger partial charge on any atom is -0.477 e. The van der Waals surface area contributed by atoms with Gasteiger partial charge in [-0.05, 0) is 0 Å². The summed E-state index contributed by atoms with van der Waals surface area (Å²) in [5, 5.41) is 7.92. The number of hydrogen-bond acceptors (Lipinski definition) is 3. The molecule has 0 aliphatic rings. The number of aromatic nitrogens is 1. The van der Waals surface area contributed by atoms with Crippen molar-refractivity contribution in [2.24, 2.45) is 0 Å². The Hall–Kier alpha value is -1.04. The van der Waals surface area contributed by atoms with Crippen LogP contribution in [0.15, 0.2) is 6.20 Å². The fraction of sp³-hybridized carbons (Fsp3) is 0.333. The van der Waals surface area contributed by atoms with Gasteiger partial charge in [0.1, 0.15) is 4.88 Å². The van der Waals surface area contributed by atoms with Gasteiger partial charge in [0.15, 0.2) is 5.01 Å². The van der Waals surface area contributed by atoms with Crippen LogP contribution >= 0.6 is 11.3 Å². The number of carboxylic acids is 1. The summed E-state index contributed by atoms with van der Waals surface area (Å²) in [6.45, 7) is 0.678. The van der Waals surface area contributed by atoms with Crippen molar-refractivity contribution >= 4 is 17.3 Å². The van der Waals surface area contributed by atoms with E-state index in [4.69, 9.17) is 5.11 Å². The number of hydrogen-bond donors (Lipinski definition) is 1. The summed E-state index contributed by atoms with van der Waals surface area (Å²) in [5.74, 6) is -4.29. The highest BCUT2D eigenvalue weighted by atomic mass is 32.1. The number of aromatic carboxylic acids is 1. The highest BCUT2D eigenvalue weighted by molar-refractivity contribution is 7.13. The van der Waals surface area contributed by atoms with Crippen LogP contribution in [0.25, 0.3) is 0 Å². The van der Waals surface area contributed by atoms with Crippen LogP contribution in [0.4, 0.5) is 8.78 Å². The Bertz CT molecular complexity index is 305. The zero-order valence-corrected chi connectivity index (χ0v) is 6.86. The fourth-order valence-electron chi connectivity index (χ4n) is 0.576. The highest BCUT2D eigenvalue weighted by Crippen LogP contribution is 2.30. The predicted molar refractivity (Wildman–Crippen MR) is 38.6 cm³/mol. The number of carboxylic acid groups (broad SMARTS) is 1. The third kappa shape index (κ3) is 1.76. The van der Waals surface area contributed by atoms with Crippen LogP contribution in [-0.4, -0.2) is 16.1 Å². The van der Waals surface area contributed by atoms with E-state index in [9.17, 15) is 13.6 Å². The Morgan fingerprint density at radius 2 is 2.33 bits per heavy atom. The lowest BCUT2D eigenvalue weighted by molar-refractivity contribution is 0.0172. The number of carbonyl (C=O) groups is 1. The standard InChI is InChI=1S/C6H5F2NO2S/c1-6(7,8)5-9-2-3(12-5)4(10)11/h2H,1H3,(H,10,11). The molecule has 1 heterocycles. The van der Waals surface area contributed by atoms with Gasteiger partial charge in [-0.3, -0.25) is 0 Å². The van der Waals surface area contributed by atoms with Gasteiger partial charge in [-0.25, -0.2) is 9.78 Å². The van der Waals surface area contributed by atoms with Crippen LogP contribution in [0.2, 0.25) is 0 Å². The summed E-state index contributed by atoms with van der Waals surface area (Å²) in [6, 6.07) is 0. The zero-order valence-electron chi connectivity index (χ0n) is 6.04. The van der Waals surface area contributed by atoms with Crippen molar-refractivity contribution in [2.75, 3.05) is 0 Å². The van der Waals surface area contributed by atoms with Gasteiger partial charge in [0, 0.05) is 6.92 Å². The maximum absolute atomic E-state index is 12.5. The van der Waals surface area contributed by atoms with Crippen LogP contribution in [0, 0.1) is 0 Å². The molecule has 6 heteroatoms. The summed E-state index contributed by atoms with van der Waals surface area (Å²) in [4.78, 5) is 13.4. The van der Waals surface area contributed by atoms with E-state index in [1.807, 2.05) is 0 Å². The van der Waals surface area contributed by atoms with Gasteiger partial charge >= 0.3 is 5.97 Å². The molecule has 66 valence electrons. The number of halogens is 2. The molecule has 1 N–H and O–H groups in total. The maximum atomic E-state index is 12.5. The minimum absolute atomic E-state index is 0.175. The van der Waals surface area contributed by atoms with Crippen LogP contribution in [0.1, 0.15) is 21.6 Å². The third-order valence-electron chi connectivity index (χ3n) is 1.09. The van der Waals surface area contributed by atoms with Crippen LogP contribution in [0.5, 0.6) is 0 Å². The molecule has 0 unspecified atom stereocenters. The van der Waals surface area contributed by atoms with E-state index in [0.29, 0.717) is 18.3 Å². The van der Waals surface area contributed by atoms with Gasteiger partial charge in [0.05, 0.1) is 6.20 Å². The lowest BCUT2D eigenvalue weighted by Gasteiger charge is -2.03. The number of rotatable bonds is 2. The first-order chi connectivity index (χ1) is 5.41. The van der Waals surface area contributed by atoms with E-state index in [-0.39, 0.29) is 4.88 Å². The summed E-state index contributed by atoms with van der Waals surface area (Å²) in [7, 11) is 0. The average molecular weight is 193 g/mol. The van der Waals surface area contributed by atoms with E-state index in [1.54, 1.807) is 0 Å². The fourth-order valence-corrected chi connectivity index (χ4v) is 1.26. The highest BCUT2D eigenvalue weighted by Gasteiger charge is 2.29. The van der Waals surface area contributed by atoms with Gasteiger partial charge in [-0.1, -0.05) is 0 Å². The van der Waals surface area contributed by atoms with Crippen LogP contribution < -0.4 is 0 Å². The Morgan fingerprint density at radius 3 is 2.58 bits per heavy atom. The number of nitrogens with zero attached hydrogens (tertiary/aromatic N) is 1. The zero-order chi connectivity index (χ0) is 9.35. The van der Waals surface area contributed by atoms with Crippen molar-refractivity contribution in [3.05, 3.63) is 16.1 Å². The van der Waals surface area contributed by atoms with Crippen LogP contribution in [0.3, 0.4) is 0 Å². The Kier molecular flexibility index (Phi) is 2.10. The van der Waals surface area contributed by atoms with Crippen LogP contribution in [-0.2, 0) is 5.92 Å². The monoisotopic (exact) mass is 193 g/mol.